The highest BCUT2D eigenvalue weighted by Gasteiger charge is 2.04. The molecular weight excluding hydrogens is 322 g/mol. The first-order valence-electron chi connectivity index (χ1n) is 7.65. The number of nitrogens with one attached hydrogen (secondary N) is 2. The molecule has 0 radical (unpaired) electrons. The zero-order valence-corrected chi connectivity index (χ0v) is 14.2. The molecule has 6 nitrogen and oxygen atoms in total. The Labute approximate surface area is 144 Å². The molecule has 2 N–H and O–H groups in total. The number of benzene rings is 1. The van der Waals surface area contributed by atoms with E-state index in [-0.39, 0.29) is 6.03 Å². The largest absolute Gasteiger partial charge is 0.334 e. The summed E-state index contributed by atoms with van der Waals surface area (Å²) in [7, 11) is 0. The van der Waals surface area contributed by atoms with Crippen LogP contribution >= 0.6 is 11.3 Å². The third-order valence-electron chi connectivity index (χ3n) is 3.44. The average Bonchev–Trinajstić information content (AvgIpc) is 3.23. The maximum atomic E-state index is 11.9. The van der Waals surface area contributed by atoms with E-state index >= 15 is 0 Å². The van der Waals surface area contributed by atoms with Crippen LogP contribution in [0.2, 0.25) is 0 Å². The molecule has 1 aromatic carbocycles. The zero-order valence-electron chi connectivity index (χ0n) is 13.4. The van der Waals surface area contributed by atoms with Crippen LogP contribution in [-0.4, -0.2) is 20.6 Å². The number of urea groups is 1. The van der Waals surface area contributed by atoms with E-state index in [1.54, 1.807) is 23.9 Å². The molecule has 7 heteroatoms. The minimum absolute atomic E-state index is 0.192. The summed E-state index contributed by atoms with van der Waals surface area (Å²) in [5.41, 5.74) is 3.21. The fraction of sp³-hybridized carbons (Fsp3) is 0.235. The van der Waals surface area contributed by atoms with Crippen LogP contribution in [0.4, 0.5) is 4.79 Å². The lowest BCUT2D eigenvalue weighted by Crippen LogP contribution is -2.34. The molecule has 24 heavy (non-hydrogen) atoms. The molecule has 3 aromatic rings. The number of hydrogen-bond acceptors (Lipinski definition) is 4. The second-order valence-corrected chi connectivity index (χ2v) is 6.42. The van der Waals surface area contributed by atoms with E-state index in [0.29, 0.717) is 13.1 Å². The third kappa shape index (κ3) is 4.66. The van der Waals surface area contributed by atoms with Gasteiger partial charge < -0.3 is 15.2 Å². The Kier molecular flexibility index (Phi) is 5.22. The number of carbonyl (C=O) groups excluding carboxylic acids is 1. The van der Waals surface area contributed by atoms with Gasteiger partial charge in [-0.3, -0.25) is 0 Å². The summed E-state index contributed by atoms with van der Waals surface area (Å²) in [5.74, 6) is 0. The Morgan fingerprint density at radius 2 is 2.08 bits per heavy atom. The summed E-state index contributed by atoms with van der Waals surface area (Å²) in [5, 5.41) is 8.57. The summed E-state index contributed by atoms with van der Waals surface area (Å²) in [6, 6.07) is 7.96. The van der Waals surface area contributed by atoms with Crippen LogP contribution in [0.5, 0.6) is 0 Å². The van der Waals surface area contributed by atoms with Crippen molar-refractivity contribution in [1.29, 1.82) is 0 Å². The molecule has 2 aromatic heterocycles. The number of thiazole rings is 1. The smallest absolute Gasteiger partial charge is 0.315 e. The lowest BCUT2D eigenvalue weighted by atomic mass is 10.1. The Balaban J connectivity index is 1.48. The Hall–Kier alpha value is -2.67. The van der Waals surface area contributed by atoms with Crippen molar-refractivity contribution in [2.24, 2.45) is 0 Å². The Bertz CT molecular complexity index is 797. The van der Waals surface area contributed by atoms with Gasteiger partial charge in [0.05, 0.1) is 12.9 Å². The number of carbonyl (C=O) groups is 1. The molecule has 0 bridgehead atoms. The molecule has 0 fully saturated rings. The Morgan fingerprint density at radius 1 is 1.25 bits per heavy atom. The second kappa shape index (κ2) is 7.74. The van der Waals surface area contributed by atoms with Crippen LogP contribution < -0.4 is 10.6 Å². The van der Waals surface area contributed by atoms with Crippen LogP contribution in [0.25, 0.3) is 0 Å². The van der Waals surface area contributed by atoms with Gasteiger partial charge in [-0.1, -0.05) is 24.3 Å². The van der Waals surface area contributed by atoms with Gasteiger partial charge in [0, 0.05) is 36.6 Å². The SMILES string of the molecule is Cc1csc(CNC(=O)NCc2cccc(Cn3ccnc3)c2)n1. The number of rotatable bonds is 6. The predicted octanol–water partition coefficient (Wildman–Crippen LogP) is 2.70. The summed E-state index contributed by atoms with van der Waals surface area (Å²) in [6.07, 6.45) is 5.48. The molecule has 0 unspecified atom stereocenters. The van der Waals surface area contributed by atoms with Crippen molar-refractivity contribution >= 4 is 17.4 Å². The average molecular weight is 341 g/mol. The standard InChI is InChI=1S/C17H19N5OS/c1-13-11-24-16(21-13)9-20-17(23)19-8-14-3-2-4-15(7-14)10-22-6-5-18-12-22/h2-7,11-12H,8-10H2,1H3,(H2,19,20,23). The summed E-state index contributed by atoms with van der Waals surface area (Å²) in [6.45, 7) is 3.64. The second-order valence-electron chi connectivity index (χ2n) is 5.47. The first-order chi connectivity index (χ1) is 11.7. The molecule has 0 spiro atoms. The normalized spacial score (nSPS) is 10.5. The van der Waals surface area contributed by atoms with Gasteiger partial charge >= 0.3 is 6.03 Å². The minimum atomic E-state index is -0.192. The molecular formula is C17H19N5OS. The summed E-state index contributed by atoms with van der Waals surface area (Å²) < 4.78 is 2.01. The minimum Gasteiger partial charge on any atom is -0.334 e. The van der Waals surface area contributed by atoms with E-state index in [0.717, 1.165) is 22.8 Å². The lowest BCUT2D eigenvalue weighted by Gasteiger charge is -2.08. The molecule has 3 rings (SSSR count). The van der Waals surface area contributed by atoms with Gasteiger partial charge in [0.2, 0.25) is 0 Å². The van der Waals surface area contributed by atoms with Crippen molar-refractivity contribution in [2.45, 2.75) is 26.6 Å². The number of aromatic nitrogens is 3. The molecule has 0 saturated heterocycles. The van der Waals surface area contributed by atoms with E-state index in [1.165, 1.54) is 5.56 Å². The first-order valence-corrected chi connectivity index (χ1v) is 8.53. The van der Waals surface area contributed by atoms with Crippen molar-refractivity contribution in [2.75, 3.05) is 0 Å². The van der Waals surface area contributed by atoms with E-state index in [9.17, 15) is 4.79 Å². The molecule has 0 atom stereocenters. The number of nitrogens with zero attached hydrogens (tertiary/aromatic N) is 3. The van der Waals surface area contributed by atoms with E-state index in [1.807, 2.05) is 35.2 Å². The van der Waals surface area contributed by atoms with Crippen LogP contribution in [0.3, 0.4) is 0 Å². The van der Waals surface area contributed by atoms with Gasteiger partial charge in [0.1, 0.15) is 5.01 Å². The van der Waals surface area contributed by atoms with Crippen molar-refractivity contribution in [1.82, 2.24) is 25.2 Å². The fourth-order valence-corrected chi connectivity index (χ4v) is 3.03. The highest BCUT2D eigenvalue weighted by atomic mass is 32.1. The van der Waals surface area contributed by atoms with Crippen LogP contribution in [0.1, 0.15) is 21.8 Å². The Morgan fingerprint density at radius 3 is 2.83 bits per heavy atom. The van der Waals surface area contributed by atoms with E-state index in [2.05, 4.69) is 32.7 Å². The van der Waals surface area contributed by atoms with E-state index in [4.69, 9.17) is 0 Å². The van der Waals surface area contributed by atoms with Crippen LogP contribution in [-0.2, 0) is 19.6 Å². The summed E-state index contributed by atoms with van der Waals surface area (Å²) in [4.78, 5) is 20.2. The number of hydrogen-bond donors (Lipinski definition) is 2. The molecule has 2 amide bonds. The van der Waals surface area contributed by atoms with Crippen molar-refractivity contribution in [3.8, 4) is 0 Å². The third-order valence-corrected chi connectivity index (χ3v) is 4.40. The van der Waals surface area contributed by atoms with Gasteiger partial charge in [0.15, 0.2) is 0 Å². The van der Waals surface area contributed by atoms with E-state index < -0.39 is 0 Å². The molecule has 0 aliphatic carbocycles. The predicted molar refractivity (Wildman–Crippen MR) is 93.7 cm³/mol. The number of amides is 2. The molecule has 0 aliphatic heterocycles. The quantitative estimate of drug-likeness (QED) is 0.724. The monoisotopic (exact) mass is 341 g/mol. The summed E-state index contributed by atoms with van der Waals surface area (Å²) >= 11 is 1.55. The first kappa shape index (κ1) is 16.2. The van der Waals surface area contributed by atoms with Crippen molar-refractivity contribution in [3.05, 3.63) is 70.2 Å². The highest BCUT2D eigenvalue weighted by Crippen LogP contribution is 2.08. The lowest BCUT2D eigenvalue weighted by molar-refractivity contribution is 0.240. The van der Waals surface area contributed by atoms with Gasteiger partial charge in [-0.05, 0) is 18.1 Å². The van der Waals surface area contributed by atoms with Gasteiger partial charge in [0.25, 0.3) is 0 Å². The number of imidazole rings is 1. The molecule has 0 saturated carbocycles. The topological polar surface area (TPSA) is 71.8 Å². The fourth-order valence-electron chi connectivity index (χ4n) is 2.31. The van der Waals surface area contributed by atoms with Crippen molar-refractivity contribution in [3.63, 3.8) is 0 Å². The maximum absolute atomic E-state index is 11.9. The molecule has 124 valence electrons. The van der Waals surface area contributed by atoms with Gasteiger partial charge in [-0.15, -0.1) is 11.3 Å². The number of aryl methyl sites for hydroxylation is 1. The molecule has 2 heterocycles. The zero-order chi connectivity index (χ0) is 16.8. The molecule has 0 aliphatic rings. The van der Waals surface area contributed by atoms with Gasteiger partial charge in [-0.25, -0.2) is 14.8 Å². The highest BCUT2D eigenvalue weighted by molar-refractivity contribution is 7.09. The van der Waals surface area contributed by atoms with Crippen LogP contribution in [0, 0.1) is 6.92 Å². The van der Waals surface area contributed by atoms with Gasteiger partial charge in [-0.2, -0.15) is 0 Å². The maximum Gasteiger partial charge on any atom is 0.315 e. The van der Waals surface area contributed by atoms with Crippen LogP contribution in [0.15, 0.2) is 48.4 Å². The van der Waals surface area contributed by atoms with Crippen molar-refractivity contribution < 1.29 is 4.79 Å².